The van der Waals surface area contributed by atoms with E-state index in [9.17, 15) is 9.59 Å². The molecule has 1 fully saturated rings. The Labute approximate surface area is 169 Å². The number of halogens is 2. The summed E-state index contributed by atoms with van der Waals surface area (Å²) in [4.78, 5) is 26.3. The van der Waals surface area contributed by atoms with E-state index in [0.29, 0.717) is 28.8 Å². The van der Waals surface area contributed by atoms with Gasteiger partial charge in [-0.3, -0.25) is 9.59 Å². The van der Waals surface area contributed by atoms with Gasteiger partial charge in [-0.25, -0.2) is 0 Å². The first kappa shape index (κ1) is 19.7. The zero-order valence-electron chi connectivity index (χ0n) is 15.0. The van der Waals surface area contributed by atoms with E-state index in [2.05, 4.69) is 17.4 Å². The Balaban J connectivity index is 1.45. The molecule has 0 unspecified atom stereocenters. The number of amides is 2. The summed E-state index contributed by atoms with van der Waals surface area (Å²) in [6.07, 6.45) is 3.11. The van der Waals surface area contributed by atoms with Crippen LogP contribution in [0.4, 0.5) is 5.69 Å². The van der Waals surface area contributed by atoms with Crippen molar-refractivity contribution in [3.8, 4) is 0 Å². The van der Waals surface area contributed by atoms with Crippen molar-refractivity contribution in [2.45, 2.75) is 25.7 Å². The third-order valence-corrected chi connectivity index (χ3v) is 5.56. The number of rotatable bonds is 7. The molecule has 0 radical (unpaired) electrons. The van der Waals surface area contributed by atoms with E-state index in [0.717, 1.165) is 19.3 Å². The maximum Gasteiger partial charge on any atom is 0.227 e. The van der Waals surface area contributed by atoms with Gasteiger partial charge in [0.2, 0.25) is 11.8 Å². The number of carbonyl (C=O) groups is 2. The van der Waals surface area contributed by atoms with Crippen molar-refractivity contribution in [2.24, 2.45) is 5.92 Å². The monoisotopic (exact) mass is 404 g/mol. The molecule has 1 heterocycles. The van der Waals surface area contributed by atoms with Crippen LogP contribution < -0.4 is 10.2 Å². The Morgan fingerprint density at radius 3 is 2.63 bits per heavy atom. The summed E-state index contributed by atoms with van der Waals surface area (Å²) in [5.74, 6) is -0.547. The largest absolute Gasteiger partial charge is 0.356 e. The lowest BCUT2D eigenvalue weighted by Crippen LogP contribution is -2.33. The highest BCUT2D eigenvalue weighted by molar-refractivity contribution is 6.44. The van der Waals surface area contributed by atoms with Crippen LogP contribution in [0.5, 0.6) is 0 Å². The van der Waals surface area contributed by atoms with Gasteiger partial charge in [0.25, 0.3) is 0 Å². The summed E-state index contributed by atoms with van der Waals surface area (Å²) >= 11 is 12.2. The quantitative estimate of drug-likeness (QED) is 0.691. The van der Waals surface area contributed by atoms with Crippen molar-refractivity contribution in [1.82, 2.24) is 5.32 Å². The lowest BCUT2D eigenvalue weighted by atomic mass is 10.1. The fraction of sp³-hybridized carbons (Fsp3) is 0.333. The van der Waals surface area contributed by atoms with Crippen molar-refractivity contribution in [2.75, 3.05) is 18.0 Å². The fourth-order valence-electron chi connectivity index (χ4n) is 3.27. The van der Waals surface area contributed by atoms with Crippen LogP contribution in [0.25, 0.3) is 0 Å². The number of unbranched alkanes of at least 4 members (excludes halogenated alkanes) is 1. The maximum absolute atomic E-state index is 12.4. The molecule has 0 bridgehead atoms. The van der Waals surface area contributed by atoms with Crippen molar-refractivity contribution in [1.29, 1.82) is 0 Å². The zero-order valence-corrected chi connectivity index (χ0v) is 16.5. The number of nitrogens with zero attached hydrogens (tertiary/aromatic N) is 1. The molecule has 0 spiro atoms. The van der Waals surface area contributed by atoms with E-state index in [1.807, 2.05) is 18.2 Å². The average molecular weight is 405 g/mol. The highest BCUT2D eigenvalue weighted by atomic mass is 35.5. The van der Waals surface area contributed by atoms with Gasteiger partial charge in [-0.15, -0.1) is 0 Å². The molecule has 3 rings (SSSR count). The van der Waals surface area contributed by atoms with Crippen LogP contribution >= 0.6 is 23.2 Å². The molecular weight excluding hydrogens is 383 g/mol. The smallest absolute Gasteiger partial charge is 0.227 e. The summed E-state index contributed by atoms with van der Waals surface area (Å²) in [5, 5.41) is 3.69. The SMILES string of the molecule is O=C(NCCCCc1ccccc1)[C@@H]1CC(=O)N(c2cccc(Cl)c2Cl)C1. The minimum atomic E-state index is -0.360. The van der Waals surface area contributed by atoms with Crippen LogP contribution in [-0.2, 0) is 16.0 Å². The molecule has 1 N–H and O–H groups in total. The third-order valence-electron chi connectivity index (χ3n) is 4.75. The van der Waals surface area contributed by atoms with Crippen LogP contribution in [0.15, 0.2) is 48.5 Å². The molecule has 142 valence electrons. The van der Waals surface area contributed by atoms with Crippen LogP contribution in [0.2, 0.25) is 10.0 Å². The molecule has 1 aliphatic heterocycles. The number of carbonyl (C=O) groups excluding carboxylic acids is 2. The van der Waals surface area contributed by atoms with E-state index < -0.39 is 0 Å². The summed E-state index contributed by atoms with van der Waals surface area (Å²) in [6.45, 7) is 0.947. The van der Waals surface area contributed by atoms with Gasteiger partial charge in [0.15, 0.2) is 0 Å². The Morgan fingerprint density at radius 2 is 1.85 bits per heavy atom. The first-order valence-electron chi connectivity index (χ1n) is 9.12. The predicted molar refractivity (Wildman–Crippen MR) is 109 cm³/mol. The van der Waals surface area contributed by atoms with E-state index in [-0.39, 0.29) is 24.2 Å². The number of hydrogen-bond acceptors (Lipinski definition) is 2. The Kier molecular flexibility index (Phi) is 6.75. The van der Waals surface area contributed by atoms with Crippen molar-refractivity contribution < 1.29 is 9.59 Å². The molecule has 6 heteroatoms. The average Bonchev–Trinajstić information content (AvgIpc) is 3.06. The van der Waals surface area contributed by atoms with Gasteiger partial charge >= 0.3 is 0 Å². The molecule has 2 amide bonds. The number of benzene rings is 2. The topological polar surface area (TPSA) is 49.4 Å². The van der Waals surface area contributed by atoms with E-state index in [1.165, 1.54) is 5.56 Å². The molecular formula is C21H22Cl2N2O2. The molecule has 0 saturated carbocycles. The molecule has 4 nitrogen and oxygen atoms in total. The normalized spacial score (nSPS) is 16.6. The van der Waals surface area contributed by atoms with Gasteiger partial charge in [0, 0.05) is 19.5 Å². The zero-order chi connectivity index (χ0) is 19.2. The van der Waals surface area contributed by atoms with Crippen LogP contribution in [0.1, 0.15) is 24.8 Å². The maximum atomic E-state index is 12.4. The Morgan fingerprint density at radius 1 is 1.07 bits per heavy atom. The van der Waals surface area contributed by atoms with Crippen molar-refractivity contribution >= 4 is 40.7 Å². The molecule has 1 aliphatic rings. The second-order valence-electron chi connectivity index (χ2n) is 6.71. The minimum absolute atomic E-state index is 0.0799. The fourth-order valence-corrected chi connectivity index (χ4v) is 3.67. The number of anilines is 1. The first-order valence-corrected chi connectivity index (χ1v) is 9.88. The third kappa shape index (κ3) is 5.02. The lowest BCUT2D eigenvalue weighted by molar-refractivity contribution is -0.126. The highest BCUT2D eigenvalue weighted by Crippen LogP contribution is 2.35. The molecule has 0 aromatic heterocycles. The summed E-state index contributed by atoms with van der Waals surface area (Å²) in [5.41, 5.74) is 1.87. The molecule has 1 atom stereocenters. The van der Waals surface area contributed by atoms with Gasteiger partial charge in [-0.1, -0.05) is 59.6 Å². The Hall–Kier alpha value is -2.04. The van der Waals surface area contributed by atoms with E-state index >= 15 is 0 Å². The lowest BCUT2D eigenvalue weighted by Gasteiger charge is -2.18. The van der Waals surface area contributed by atoms with Crippen LogP contribution in [0.3, 0.4) is 0 Å². The van der Waals surface area contributed by atoms with Crippen molar-refractivity contribution in [3.63, 3.8) is 0 Å². The molecule has 1 saturated heterocycles. The first-order chi connectivity index (χ1) is 13.1. The second-order valence-corrected chi connectivity index (χ2v) is 7.50. The molecule has 2 aromatic carbocycles. The summed E-state index contributed by atoms with van der Waals surface area (Å²) < 4.78 is 0. The molecule has 0 aliphatic carbocycles. The number of nitrogens with one attached hydrogen (secondary N) is 1. The van der Waals surface area contributed by atoms with Crippen LogP contribution in [-0.4, -0.2) is 24.9 Å². The van der Waals surface area contributed by atoms with Gasteiger partial charge in [0.05, 0.1) is 21.7 Å². The Bertz CT molecular complexity index is 811. The molecule has 2 aromatic rings. The predicted octanol–water partition coefficient (Wildman–Crippen LogP) is 4.49. The van der Waals surface area contributed by atoms with E-state index in [1.54, 1.807) is 23.1 Å². The minimum Gasteiger partial charge on any atom is -0.356 e. The van der Waals surface area contributed by atoms with Gasteiger partial charge in [-0.2, -0.15) is 0 Å². The van der Waals surface area contributed by atoms with Crippen LogP contribution in [0, 0.1) is 5.92 Å². The highest BCUT2D eigenvalue weighted by Gasteiger charge is 2.35. The van der Waals surface area contributed by atoms with Crippen molar-refractivity contribution in [3.05, 3.63) is 64.1 Å². The summed E-state index contributed by atoms with van der Waals surface area (Å²) in [7, 11) is 0. The summed E-state index contributed by atoms with van der Waals surface area (Å²) in [6, 6.07) is 15.5. The second kappa shape index (κ2) is 9.25. The van der Waals surface area contributed by atoms with Gasteiger partial charge in [0.1, 0.15) is 0 Å². The standard InChI is InChI=1S/C21H22Cl2N2O2/c22-17-10-6-11-18(20(17)23)25-14-16(13-19(25)26)21(27)24-12-5-4-9-15-7-2-1-3-8-15/h1-3,6-8,10-11,16H,4-5,9,12-14H2,(H,24,27)/t16-/m1/s1. The molecule has 27 heavy (non-hydrogen) atoms. The van der Waals surface area contributed by atoms with E-state index in [4.69, 9.17) is 23.2 Å². The van der Waals surface area contributed by atoms with Gasteiger partial charge in [-0.05, 0) is 37.0 Å². The number of aryl methyl sites for hydroxylation is 1. The van der Waals surface area contributed by atoms with Gasteiger partial charge < -0.3 is 10.2 Å². The number of hydrogen-bond donors (Lipinski definition) is 1.